The molecule has 1 unspecified atom stereocenters. The fourth-order valence-corrected chi connectivity index (χ4v) is 4.43. The summed E-state index contributed by atoms with van der Waals surface area (Å²) in [5.74, 6) is -2.37. The molecule has 2 saturated heterocycles. The number of carboxylic acids is 1. The first-order valence-electron chi connectivity index (χ1n) is 9.69. The van der Waals surface area contributed by atoms with Crippen molar-refractivity contribution < 1.29 is 37.0 Å². The second kappa shape index (κ2) is 9.84. The molecule has 2 aliphatic rings. The second-order valence-electron chi connectivity index (χ2n) is 7.48. The first-order chi connectivity index (χ1) is 14.7. The lowest BCUT2D eigenvalue weighted by Crippen LogP contribution is -2.60. The highest BCUT2D eigenvalue weighted by atomic mass is 32.1. The van der Waals surface area contributed by atoms with E-state index < -0.39 is 12.1 Å². The third kappa shape index (κ3) is 6.31. The normalized spacial score (nSPS) is 22.1. The summed E-state index contributed by atoms with van der Waals surface area (Å²) in [6.07, 6.45) is -1.56. The Balaban J connectivity index is 0.000000339. The number of alkyl halides is 3. The predicted molar refractivity (Wildman–Crippen MR) is 106 cm³/mol. The van der Waals surface area contributed by atoms with Gasteiger partial charge in [0, 0.05) is 26.2 Å². The molecule has 0 bridgehead atoms. The summed E-state index contributed by atoms with van der Waals surface area (Å²) in [5, 5.41) is 11.5. The number of likely N-dealkylation sites (tertiary alicyclic amines) is 1. The highest BCUT2D eigenvalue weighted by molar-refractivity contribution is 7.07. The molecular weight excluding hydrogens is 437 g/mol. The highest BCUT2D eigenvalue weighted by Gasteiger charge is 2.42. The van der Waals surface area contributed by atoms with Gasteiger partial charge in [0.25, 0.3) is 5.91 Å². The van der Waals surface area contributed by atoms with Crippen molar-refractivity contribution in [2.45, 2.75) is 31.2 Å². The van der Waals surface area contributed by atoms with Gasteiger partial charge in [-0.1, -0.05) is 0 Å². The van der Waals surface area contributed by atoms with Gasteiger partial charge in [-0.2, -0.15) is 24.5 Å². The van der Waals surface area contributed by atoms with E-state index in [-0.39, 0.29) is 11.5 Å². The number of halogens is 3. The molecule has 0 radical (unpaired) electrons. The van der Waals surface area contributed by atoms with Crippen LogP contribution in [0.4, 0.5) is 13.2 Å². The Morgan fingerprint density at radius 3 is 2.61 bits per heavy atom. The molecule has 2 aliphatic heterocycles. The largest absolute Gasteiger partial charge is 0.490 e. The smallest absolute Gasteiger partial charge is 0.475 e. The summed E-state index contributed by atoms with van der Waals surface area (Å²) in [7, 11) is 0. The Morgan fingerprint density at radius 2 is 2.00 bits per heavy atom. The first kappa shape index (κ1) is 23.3. The maximum atomic E-state index is 12.6. The van der Waals surface area contributed by atoms with Crippen LogP contribution < -0.4 is 0 Å². The third-order valence-corrected chi connectivity index (χ3v) is 5.85. The summed E-state index contributed by atoms with van der Waals surface area (Å²) < 4.78 is 43.2. The van der Waals surface area contributed by atoms with E-state index in [2.05, 4.69) is 21.7 Å². The van der Waals surface area contributed by atoms with Gasteiger partial charge in [0.05, 0.1) is 25.0 Å². The maximum absolute atomic E-state index is 12.6. The quantitative estimate of drug-likeness (QED) is 0.755. The van der Waals surface area contributed by atoms with Gasteiger partial charge in [-0.25, -0.2) is 4.79 Å². The van der Waals surface area contributed by atoms with Crippen LogP contribution in [-0.4, -0.2) is 71.3 Å². The number of piperidine rings is 1. The number of rotatable bonds is 3. The summed E-state index contributed by atoms with van der Waals surface area (Å²) in [5.41, 5.74) is 1.12. The first-order valence-corrected chi connectivity index (χ1v) is 10.6. The van der Waals surface area contributed by atoms with Crippen LogP contribution in [0.5, 0.6) is 0 Å². The van der Waals surface area contributed by atoms with Crippen LogP contribution in [-0.2, 0) is 16.1 Å². The van der Waals surface area contributed by atoms with Crippen molar-refractivity contribution in [3.05, 3.63) is 46.5 Å². The van der Waals surface area contributed by atoms with Gasteiger partial charge >= 0.3 is 12.1 Å². The number of nitrogens with zero attached hydrogens (tertiary/aromatic N) is 2. The maximum Gasteiger partial charge on any atom is 0.490 e. The van der Waals surface area contributed by atoms with Crippen LogP contribution in [0.1, 0.15) is 29.0 Å². The second-order valence-corrected chi connectivity index (χ2v) is 8.26. The fourth-order valence-electron chi connectivity index (χ4n) is 3.77. The lowest BCUT2D eigenvalue weighted by molar-refractivity contribution is -0.192. The van der Waals surface area contributed by atoms with E-state index in [1.54, 1.807) is 29.7 Å². The zero-order chi connectivity index (χ0) is 22.5. The molecule has 4 heterocycles. The molecule has 0 saturated carbocycles. The zero-order valence-electron chi connectivity index (χ0n) is 16.6. The average molecular weight is 460 g/mol. The number of morpholine rings is 1. The van der Waals surface area contributed by atoms with Gasteiger partial charge in [0.1, 0.15) is 0 Å². The summed E-state index contributed by atoms with van der Waals surface area (Å²) in [6, 6.07) is 5.67. The minimum Gasteiger partial charge on any atom is -0.475 e. The number of carbonyl (C=O) groups excluding carboxylic acids is 1. The molecule has 1 amide bonds. The van der Waals surface area contributed by atoms with E-state index in [4.69, 9.17) is 19.1 Å². The number of hydrogen-bond donors (Lipinski definition) is 1. The molecular formula is C20H23F3N2O5S. The van der Waals surface area contributed by atoms with E-state index >= 15 is 0 Å². The van der Waals surface area contributed by atoms with Crippen molar-refractivity contribution in [1.29, 1.82) is 0 Å². The SMILES string of the molecule is O=C(O)C(F)(F)F.O=C(c1ccco1)N1CCCC2(CN(Cc3ccsc3)CCO2)C1. The molecule has 31 heavy (non-hydrogen) atoms. The molecule has 4 rings (SSSR count). The van der Waals surface area contributed by atoms with E-state index in [1.807, 2.05) is 4.90 Å². The lowest BCUT2D eigenvalue weighted by Gasteiger charge is -2.47. The number of carbonyl (C=O) groups is 2. The average Bonchev–Trinajstić information content (AvgIpc) is 3.41. The monoisotopic (exact) mass is 460 g/mol. The van der Waals surface area contributed by atoms with E-state index in [1.165, 1.54) is 5.56 Å². The van der Waals surface area contributed by atoms with Crippen LogP contribution in [0.15, 0.2) is 39.6 Å². The van der Waals surface area contributed by atoms with Crippen LogP contribution in [0.2, 0.25) is 0 Å². The van der Waals surface area contributed by atoms with Gasteiger partial charge in [-0.05, 0) is 47.4 Å². The lowest BCUT2D eigenvalue weighted by atomic mass is 9.90. The zero-order valence-corrected chi connectivity index (χ0v) is 17.5. The number of amides is 1. The molecule has 2 aromatic heterocycles. The number of carboxylic acid groups (broad SMARTS) is 1. The van der Waals surface area contributed by atoms with Gasteiger partial charge in [-0.15, -0.1) is 0 Å². The highest BCUT2D eigenvalue weighted by Crippen LogP contribution is 2.30. The number of thiophene rings is 1. The standard InChI is InChI=1S/C18H22N2O3S.C2HF3O2/c21-17(16-3-1-8-22-16)20-6-2-5-18(14-20)13-19(7-9-23-18)11-15-4-10-24-12-15;3-2(4,5)1(6)7/h1,3-4,8,10,12H,2,5-7,9,11,13-14H2;(H,6,7). The van der Waals surface area contributed by atoms with Crippen LogP contribution in [0.3, 0.4) is 0 Å². The van der Waals surface area contributed by atoms with Crippen LogP contribution >= 0.6 is 11.3 Å². The predicted octanol–water partition coefficient (Wildman–Crippen LogP) is 3.48. The summed E-state index contributed by atoms with van der Waals surface area (Å²) in [6.45, 7) is 4.93. The Kier molecular flexibility index (Phi) is 7.39. The number of aliphatic carboxylic acids is 1. The van der Waals surface area contributed by atoms with E-state index in [0.29, 0.717) is 12.3 Å². The van der Waals surface area contributed by atoms with Crippen molar-refractivity contribution in [1.82, 2.24) is 9.80 Å². The Hall–Kier alpha value is -2.37. The van der Waals surface area contributed by atoms with E-state index in [0.717, 1.165) is 45.6 Å². The van der Waals surface area contributed by atoms with Crippen LogP contribution in [0, 0.1) is 0 Å². The Labute approximate surface area is 181 Å². The number of ether oxygens (including phenoxy) is 1. The van der Waals surface area contributed by atoms with Crippen molar-refractivity contribution >= 4 is 23.2 Å². The van der Waals surface area contributed by atoms with Crippen molar-refractivity contribution in [2.24, 2.45) is 0 Å². The Morgan fingerprint density at radius 1 is 1.23 bits per heavy atom. The molecule has 170 valence electrons. The molecule has 7 nitrogen and oxygen atoms in total. The summed E-state index contributed by atoms with van der Waals surface area (Å²) >= 11 is 1.74. The van der Waals surface area contributed by atoms with Gasteiger partial charge in [-0.3, -0.25) is 9.69 Å². The molecule has 1 spiro atoms. The van der Waals surface area contributed by atoms with Gasteiger partial charge < -0.3 is 19.2 Å². The molecule has 2 aromatic rings. The Bertz CT molecular complexity index is 853. The van der Waals surface area contributed by atoms with Gasteiger partial charge in [0.2, 0.25) is 0 Å². The molecule has 1 N–H and O–H groups in total. The molecule has 2 fully saturated rings. The summed E-state index contributed by atoms with van der Waals surface area (Å²) in [4.78, 5) is 25.8. The fraction of sp³-hybridized carbons (Fsp3) is 0.500. The van der Waals surface area contributed by atoms with E-state index in [9.17, 15) is 18.0 Å². The number of furan rings is 1. The minimum atomic E-state index is -5.08. The van der Waals surface area contributed by atoms with Crippen molar-refractivity contribution in [3.63, 3.8) is 0 Å². The van der Waals surface area contributed by atoms with Crippen molar-refractivity contribution in [3.8, 4) is 0 Å². The molecule has 1 atom stereocenters. The van der Waals surface area contributed by atoms with Gasteiger partial charge in [0.15, 0.2) is 5.76 Å². The molecule has 11 heteroatoms. The minimum absolute atomic E-state index is 0.0300. The molecule has 0 aliphatic carbocycles. The number of hydrogen-bond acceptors (Lipinski definition) is 6. The van der Waals surface area contributed by atoms with Crippen molar-refractivity contribution in [2.75, 3.05) is 32.8 Å². The molecule has 0 aromatic carbocycles. The van der Waals surface area contributed by atoms with Crippen LogP contribution in [0.25, 0.3) is 0 Å². The topological polar surface area (TPSA) is 83.2 Å². The third-order valence-electron chi connectivity index (χ3n) is 5.11.